The average molecular weight is 504 g/mol. The summed E-state index contributed by atoms with van der Waals surface area (Å²) < 4.78 is 16.8. The van der Waals surface area contributed by atoms with E-state index in [1.807, 2.05) is 19.1 Å². The average Bonchev–Trinajstić information content (AvgIpc) is 3.08. The molecule has 0 aliphatic carbocycles. The molecular formula is C23H22BrNO5S. The molecule has 0 spiro atoms. The number of halogens is 1. The van der Waals surface area contributed by atoms with E-state index in [2.05, 4.69) is 21.2 Å². The summed E-state index contributed by atoms with van der Waals surface area (Å²) in [6.07, 6.45) is 0. The van der Waals surface area contributed by atoms with E-state index in [0.29, 0.717) is 33.2 Å². The molecule has 0 atom stereocenters. The van der Waals surface area contributed by atoms with E-state index >= 15 is 0 Å². The molecule has 0 unspecified atom stereocenters. The predicted molar refractivity (Wildman–Crippen MR) is 126 cm³/mol. The van der Waals surface area contributed by atoms with Gasteiger partial charge in [-0.2, -0.15) is 0 Å². The van der Waals surface area contributed by atoms with Crippen molar-refractivity contribution in [3.8, 4) is 22.6 Å². The van der Waals surface area contributed by atoms with Gasteiger partial charge in [-0.05, 0) is 49.7 Å². The zero-order valence-electron chi connectivity index (χ0n) is 17.6. The number of aryl methyl sites for hydroxylation is 1. The number of ether oxygens (including phenoxy) is 3. The van der Waals surface area contributed by atoms with Gasteiger partial charge < -0.3 is 19.5 Å². The van der Waals surface area contributed by atoms with E-state index in [1.165, 1.54) is 11.3 Å². The Morgan fingerprint density at radius 1 is 1.06 bits per heavy atom. The van der Waals surface area contributed by atoms with Crippen LogP contribution in [-0.2, 0) is 4.74 Å². The van der Waals surface area contributed by atoms with Crippen LogP contribution in [0.3, 0.4) is 0 Å². The number of esters is 1. The summed E-state index contributed by atoms with van der Waals surface area (Å²) in [7, 11) is 3.12. The summed E-state index contributed by atoms with van der Waals surface area (Å²) in [6.45, 7) is 3.86. The second-order valence-corrected chi connectivity index (χ2v) is 8.63. The fourth-order valence-electron chi connectivity index (χ4n) is 3.18. The standard InChI is InChI=1S/C23H22BrNO5S/c1-5-30-23(27)20-19(14-9-10-17(28-3)18(12-14)29-4)13(2)31-22(20)25-21(26)15-7-6-8-16(24)11-15/h6-12H,5H2,1-4H3,(H,25,26). The number of hydrogen-bond donors (Lipinski definition) is 1. The molecule has 2 aromatic carbocycles. The van der Waals surface area contributed by atoms with Crippen molar-refractivity contribution >= 4 is 44.1 Å². The number of benzene rings is 2. The molecule has 0 aliphatic heterocycles. The molecule has 1 N–H and O–H groups in total. The van der Waals surface area contributed by atoms with Gasteiger partial charge in [0.1, 0.15) is 10.6 Å². The largest absolute Gasteiger partial charge is 0.493 e. The highest BCUT2D eigenvalue weighted by atomic mass is 79.9. The van der Waals surface area contributed by atoms with E-state index in [1.54, 1.807) is 51.5 Å². The Morgan fingerprint density at radius 3 is 2.45 bits per heavy atom. The van der Waals surface area contributed by atoms with E-state index < -0.39 is 5.97 Å². The number of hydrogen-bond acceptors (Lipinski definition) is 6. The Morgan fingerprint density at radius 2 is 1.81 bits per heavy atom. The molecule has 0 radical (unpaired) electrons. The van der Waals surface area contributed by atoms with Crippen molar-refractivity contribution in [2.45, 2.75) is 13.8 Å². The van der Waals surface area contributed by atoms with Gasteiger partial charge in [0.15, 0.2) is 11.5 Å². The fourth-order valence-corrected chi connectivity index (χ4v) is 4.63. The minimum atomic E-state index is -0.499. The van der Waals surface area contributed by atoms with Crippen molar-refractivity contribution in [1.82, 2.24) is 0 Å². The van der Waals surface area contributed by atoms with Gasteiger partial charge in [0.2, 0.25) is 0 Å². The zero-order valence-corrected chi connectivity index (χ0v) is 20.0. The molecule has 1 aromatic heterocycles. The molecule has 0 saturated heterocycles. The van der Waals surface area contributed by atoms with Gasteiger partial charge in [0.05, 0.1) is 20.8 Å². The van der Waals surface area contributed by atoms with Crippen molar-refractivity contribution in [3.05, 3.63) is 62.9 Å². The highest BCUT2D eigenvalue weighted by Crippen LogP contribution is 2.43. The topological polar surface area (TPSA) is 73.9 Å². The summed E-state index contributed by atoms with van der Waals surface area (Å²) >= 11 is 4.70. The molecule has 8 heteroatoms. The van der Waals surface area contributed by atoms with Crippen LogP contribution >= 0.6 is 27.3 Å². The summed E-state index contributed by atoms with van der Waals surface area (Å²) in [6, 6.07) is 12.5. The third kappa shape index (κ3) is 4.91. The fraction of sp³-hybridized carbons (Fsp3) is 0.217. The molecule has 6 nitrogen and oxygen atoms in total. The van der Waals surface area contributed by atoms with Gasteiger partial charge in [-0.15, -0.1) is 11.3 Å². The molecule has 3 aromatic rings. The maximum Gasteiger partial charge on any atom is 0.341 e. The molecule has 0 fully saturated rings. The Bertz CT molecular complexity index is 1130. The van der Waals surface area contributed by atoms with Gasteiger partial charge in [-0.3, -0.25) is 4.79 Å². The quantitative estimate of drug-likeness (QED) is 0.404. The summed E-state index contributed by atoms with van der Waals surface area (Å²) in [5, 5.41) is 3.31. The first-order valence-corrected chi connectivity index (χ1v) is 11.1. The summed E-state index contributed by atoms with van der Waals surface area (Å²) in [5.74, 6) is 0.313. The SMILES string of the molecule is CCOC(=O)c1c(NC(=O)c2cccc(Br)c2)sc(C)c1-c1ccc(OC)c(OC)c1. The van der Waals surface area contributed by atoms with E-state index in [-0.39, 0.29) is 12.5 Å². The van der Waals surface area contributed by atoms with Crippen molar-refractivity contribution < 1.29 is 23.8 Å². The monoisotopic (exact) mass is 503 g/mol. The number of methoxy groups -OCH3 is 2. The highest BCUT2D eigenvalue weighted by Gasteiger charge is 2.26. The minimum Gasteiger partial charge on any atom is -0.493 e. The normalized spacial score (nSPS) is 10.5. The Labute approximate surface area is 193 Å². The summed E-state index contributed by atoms with van der Waals surface area (Å²) in [4.78, 5) is 26.6. The number of rotatable bonds is 7. The second-order valence-electron chi connectivity index (χ2n) is 6.49. The van der Waals surface area contributed by atoms with Crippen LogP contribution in [0.5, 0.6) is 11.5 Å². The second kappa shape index (κ2) is 9.98. The van der Waals surface area contributed by atoms with Gasteiger partial charge in [-0.1, -0.05) is 28.1 Å². The summed E-state index contributed by atoms with van der Waals surface area (Å²) in [5.41, 5.74) is 2.24. The number of amides is 1. The van der Waals surface area contributed by atoms with Crippen LogP contribution in [0.4, 0.5) is 5.00 Å². The van der Waals surface area contributed by atoms with E-state index in [9.17, 15) is 9.59 Å². The Balaban J connectivity index is 2.09. The van der Waals surface area contributed by atoms with Gasteiger partial charge in [0, 0.05) is 20.5 Å². The molecule has 0 bridgehead atoms. The molecule has 162 valence electrons. The molecule has 1 heterocycles. The lowest BCUT2D eigenvalue weighted by atomic mass is 10.0. The molecule has 1 amide bonds. The Kier molecular flexibility index (Phi) is 7.35. The van der Waals surface area contributed by atoms with Crippen LogP contribution in [0.25, 0.3) is 11.1 Å². The zero-order chi connectivity index (χ0) is 22.5. The van der Waals surface area contributed by atoms with Gasteiger partial charge >= 0.3 is 5.97 Å². The van der Waals surface area contributed by atoms with Crippen LogP contribution in [0, 0.1) is 6.92 Å². The van der Waals surface area contributed by atoms with Crippen molar-refractivity contribution in [1.29, 1.82) is 0 Å². The first-order valence-electron chi connectivity index (χ1n) is 9.49. The minimum absolute atomic E-state index is 0.220. The van der Waals surface area contributed by atoms with Crippen LogP contribution in [-0.4, -0.2) is 32.7 Å². The van der Waals surface area contributed by atoms with Crippen molar-refractivity contribution in [2.75, 3.05) is 26.1 Å². The van der Waals surface area contributed by atoms with Gasteiger partial charge in [0.25, 0.3) is 5.91 Å². The molecule has 0 aliphatic rings. The van der Waals surface area contributed by atoms with Gasteiger partial charge in [-0.25, -0.2) is 4.79 Å². The maximum atomic E-state index is 12.9. The molecule has 3 rings (SSSR count). The van der Waals surface area contributed by atoms with Crippen LogP contribution in [0.15, 0.2) is 46.9 Å². The lowest BCUT2D eigenvalue weighted by molar-refractivity contribution is 0.0529. The first kappa shape index (κ1) is 22.8. The number of thiophene rings is 1. The number of carbonyl (C=O) groups is 2. The number of anilines is 1. The maximum absolute atomic E-state index is 12.9. The number of carbonyl (C=O) groups excluding carboxylic acids is 2. The van der Waals surface area contributed by atoms with Crippen LogP contribution < -0.4 is 14.8 Å². The smallest absolute Gasteiger partial charge is 0.341 e. The van der Waals surface area contributed by atoms with Crippen LogP contribution in [0.2, 0.25) is 0 Å². The third-order valence-corrected chi connectivity index (χ3v) is 6.06. The molecule has 31 heavy (non-hydrogen) atoms. The lowest BCUT2D eigenvalue weighted by Crippen LogP contribution is -2.14. The third-order valence-electron chi connectivity index (χ3n) is 4.55. The van der Waals surface area contributed by atoms with Crippen LogP contribution in [0.1, 0.15) is 32.5 Å². The molecular weight excluding hydrogens is 482 g/mol. The number of nitrogens with one attached hydrogen (secondary N) is 1. The predicted octanol–water partition coefficient (Wildman–Crippen LogP) is 5.93. The van der Waals surface area contributed by atoms with E-state index in [4.69, 9.17) is 14.2 Å². The highest BCUT2D eigenvalue weighted by molar-refractivity contribution is 9.10. The molecule has 0 saturated carbocycles. The van der Waals surface area contributed by atoms with E-state index in [0.717, 1.165) is 14.9 Å². The first-order chi connectivity index (χ1) is 14.9. The lowest BCUT2D eigenvalue weighted by Gasteiger charge is -2.12. The van der Waals surface area contributed by atoms with Crippen molar-refractivity contribution in [2.24, 2.45) is 0 Å². The van der Waals surface area contributed by atoms with Crippen molar-refractivity contribution in [3.63, 3.8) is 0 Å². The Hall–Kier alpha value is -2.84.